The van der Waals surface area contributed by atoms with E-state index in [1.54, 1.807) is 34.9 Å². The van der Waals surface area contributed by atoms with Crippen LogP contribution in [-0.2, 0) is 46.8 Å². The third-order valence-corrected chi connectivity index (χ3v) is 11.8. The van der Waals surface area contributed by atoms with Gasteiger partial charge in [0.25, 0.3) is 0 Å². The number of aromatic nitrogens is 1. The van der Waals surface area contributed by atoms with Gasteiger partial charge in [-0.15, -0.1) is 0 Å². The highest BCUT2D eigenvalue weighted by atomic mass is 19.4. The molecule has 0 unspecified atom stereocenters. The summed E-state index contributed by atoms with van der Waals surface area (Å²) >= 11 is 0. The van der Waals surface area contributed by atoms with Crippen LogP contribution in [0.4, 0.5) is 26.3 Å². The number of alkyl halides is 6. The van der Waals surface area contributed by atoms with E-state index in [4.69, 9.17) is 18.9 Å². The number of ketones is 3. The number of phenols is 2. The molecule has 61 heavy (non-hydrogen) atoms. The molecule has 3 heterocycles. The molecule has 4 aliphatic rings. The Morgan fingerprint density at radius 1 is 0.820 bits per heavy atom. The number of fused-ring (bicyclic) bond motifs is 5. The van der Waals surface area contributed by atoms with Crippen LogP contribution in [0, 0.1) is 0 Å². The molecule has 1 aromatic heterocycles. The van der Waals surface area contributed by atoms with Gasteiger partial charge in [0.15, 0.2) is 18.4 Å². The van der Waals surface area contributed by atoms with Crippen molar-refractivity contribution in [2.45, 2.75) is 120 Å². The largest absolute Gasteiger partial charge is 0.507 e. The SMILES string of the molecule is CC(=O)[C@]1(O[C@H]2C[C@H](NC(=O)C(F)(F)F)[C@H](O)[C@H](C)O2)Cc2c(O)c3c(c(O)c2[C@@H](O[C@H]2C[C@H](NC(=O)C(F)(F)F)[C@H](O)[C@H](C)O2)C1)C(=O)c1c(n(C)c2ccccc12)C3=O. The number of Topliss-reactive ketones (excluding diaryl/α,β-unsaturated/α-hetero) is 1. The van der Waals surface area contributed by atoms with E-state index in [1.165, 1.54) is 25.5 Å². The Hall–Kier alpha value is -5.13. The van der Waals surface area contributed by atoms with E-state index in [0.717, 1.165) is 6.92 Å². The van der Waals surface area contributed by atoms with Crippen molar-refractivity contribution in [3.05, 3.63) is 57.8 Å². The number of amides is 2. The molecule has 2 amide bonds. The van der Waals surface area contributed by atoms with E-state index in [0.29, 0.717) is 10.9 Å². The van der Waals surface area contributed by atoms with Gasteiger partial charge in [0.1, 0.15) is 35.0 Å². The summed E-state index contributed by atoms with van der Waals surface area (Å²) in [6.45, 7) is 3.52. The van der Waals surface area contributed by atoms with Gasteiger partial charge in [0.2, 0.25) is 11.6 Å². The Morgan fingerprint density at radius 3 is 1.90 bits per heavy atom. The zero-order chi connectivity index (χ0) is 44.8. The van der Waals surface area contributed by atoms with Gasteiger partial charge >= 0.3 is 24.2 Å². The molecule has 2 aliphatic heterocycles. The molecule has 16 nitrogen and oxygen atoms in total. The molecule has 7 rings (SSSR count). The quantitative estimate of drug-likeness (QED) is 0.116. The zero-order valence-electron chi connectivity index (χ0n) is 32.5. The molecule has 330 valence electrons. The molecule has 2 aliphatic carbocycles. The van der Waals surface area contributed by atoms with Crippen molar-refractivity contribution in [1.82, 2.24) is 15.2 Å². The predicted molar refractivity (Wildman–Crippen MR) is 192 cm³/mol. The molecular formula is C39H39F6N3O13. The van der Waals surface area contributed by atoms with Crippen molar-refractivity contribution in [3.8, 4) is 11.5 Å². The van der Waals surface area contributed by atoms with Gasteiger partial charge in [0.05, 0.1) is 47.1 Å². The van der Waals surface area contributed by atoms with Crippen LogP contribution < -0.4 is 10.6 Å². The fourth-order valence-corrected chi connectivity index (χ4v) is 8.70. The lowest BCUT2D eigenvalue weighted by Gasteiger charge is -2.46. The Balaban J connectivity index is 1.34. The fourth-order valence-electron chi connectivity index (χ4n) is 8.70. The molecule has 0 bridgehead atoms. The fraction of sp³-hybridized carbons (Fsp3) is 0.513. The average molecular weight is 872 g/mol. The highest BCUT2D eigenvalue weighted by Gasteiger charge is 2.54. The molecule has 6 N–H and O–H groups in total. The third-order valence-electron chi connectivity index (χ3n) is 11.8. The first-order valence-electron chi connectivity index (χ1n) is 18.9. The minimum absolute atomic E-state index is 0.0976. The first-order valence-corrected chi connectivity index (χ1v) is 18.9. The van der Waals surface area contributed by atoms with Crippen molar-refractivity contribution < 1.29 is 89.7 Å². The van der Waals surface area contributed by atoms with E-state index < -0.39 is 151 Å². The van der Waals surface area contributed by atoms with Crippen molar-refractivity contribution in [2.75, 3.05) is 0 Å². The van der Waals surface area contributed by atoms with Crippen LogP contribution in [0.1, 0.15) is 89.2 Å². The predicted octanol–water partition coefficient (Wildman–Crippen LogP) is 2.80. The summed E-state index contributed by atoms with van der Waals surface area (Å²) in [6.07, 6.45) is -24.5. The smallest absolute Gasteiger partial charge is 0.471 e. The molecule has 3 aromatic rings. The summed E-state index contributed by atoms with van der Waals surface area (Å²) in [5.41, 5.74) is -4.09. The number of benzene rings is 2. The number of nitrogens with one attached hydrogen (secondary N) is 2. The number of para-hydroxylation sites is 1. The van der Waals surface area contributed by atoms with E-state index in [9.17, 15) is 70.7 Å². The number of rotatable bonds is 7. The number of phenolic OH excluding ortho intramolecular Hbond substituents is 2. The summed E-state index contributed by atoms with van der Waals surface area (Å²) in [4.78, 5) is 66.4. The topological polar surface area (TPSA) is 232 Å². The number of hydrogen-bond donors (Lipinski definition) is 6. The van der Waals surface area contributed by atoms with E-state index in [-0.39, 0.29) is 22.4 Å². The van der Waals surface area contributed by atoms with Gasteiger partial charge in [-0.3, -0.25) is 24.0 Å². The lowest BCUT2D eigenvalue weighted by molar-refractivity contribution is -0.279. The second-order valence-corrected chi connectivity index (χ2v) is 15.6. The molecule has 10 atom stereocenters. The molecule has 2 saturated heterocycles. The van der Waals surface area contributed by atoms with Gasteiger partial charge in [-0.25, -0.2) is 0 Å². The monoisotopic (exact) mass is 871 g/mol. The normalized spacial score (nSPS) is 30.3. The van der Waals surface area contributed by atoms with Crippen LogP contribution in [-0.4, -0.2) is 121 Å². The van der Waals surface area contributed by atoms with E-state index >= 15 is 0 Å². The number of ether oxygens (including phenoxy) is 4. The Kier molecular flexibility index (Phi) is 11.1. The number of hydrogen-bond acceptors (Lipinski definition) is 13. The second kappa shape index (κ2) is 15.3. The van der Waals surface area contributed by atoms with Crippen LogP contribution in [0.25, 0.3) is 10.9 Å². The zero-order valence-corrected chi connectivity index (χ0v) is 32.5. The number of carbonyl (C=O) groups is 5. The van der Waals surface area contributed by atoms with Gasteiger partial charge in [-0.2, -0.15) is 26.3 Å². The van der Waals surface area contributed by atoms with Crippen LogP contribution in [0.2, 0.25) is 0 Å². The van der Waals surface area contributed by atoms with Crippen molar-refractivity contribution in [2.24, 2.45) is 7.05 Å². The highest BCUT2D eigenvalue weighted by Crippen LogP contribution is 2.54. The summed E-state index contributed by atoms with van der Waals surface area (Å²) < 4.78 is 105. The molecule has 2 aromatic carbocycles. The number of aryl methyl sites for hydroxylation is 1. The van der Waals surface area contributed by atoms with Gasteiger partial charge in [-0.05, 0) is 26.8 Å². The van der Waals surface area contributed by atoms with Crippen LogP contribution in [0.3, 0.4) is 0 Å². The summed E-state index contributed by atoms with van der Waals surface area (Å²) in [5.74, 6) is -9.19. The lowest BCUT2D eigenvalue weighted by atomic mass is 9.72. The van der Waals surface area contributed by atoms with Crippen molar-refractivity contribution in [3.63, 3.8) is 0 Å². The molecule has 0 radical (unpaired) electrons. The number of nitrogens with zero attached hydrogens (tertiary/aromatic N) is 1. The molecule has 0 spiro atoms. The molecule has 0 saturated carbocycles. The average Bonchev–Trinajstić information content (AvgIpc) is 3.47. The minimum Gasteiger partial charge on any atom is -0.507 e. The maximum Gasteiger partial charge on any atom is 0.471 e. The number of carbonyl (C=O) groups excluding carboxylic acids is 5. The summed E-state index contributed by atoms with van der Waals surface area (Å²) in [6, 6.07) is 3.20. The van der Waals surface area contributed by atoms with E-state index in [2.05, 4.69) is 0 Å². The first-order chi connectivity index (χ1) is 28.4. The highest BCUT2D eigenvalue weighted by molar-refractivity contribution is 6.34. The molecule has 2 fully saturated rings. The number of aliphatic hydroxyl groups is 2. The maximum absolute atomic E-state index is 14.4. The van der Waals surface area contributed by atoms with Crippen molar-refractivity contribution >= 4 is 40.1 Å². The Bertz CT molecular complexity index is 2350. The second-order valence-electron chi connectivity index (χ2n) is 15.6. The van der Waals surface area contributed by atoms with Crippen LogP contribution in [0.5, 0.6) is 11.5 Å². The standard InChI is InChI=1S/C39H39F6N3O13/c1-13-29(50)18(46-35(56)38(40,41)42)9-22(58-13)60-21-12-37(15(3)49,61-23-10-19(30(51)14(2)59-23)47-36(57)39(43,44)45)11-17-24(21)32(53)27-26(31(17)52)34(55)28-25(33(27)54)16-7-5-6-8-20(16)48(28)4/h5-8,13-14,18-19,21-23,29-30,50-53H,9-12H2,1-4H3,(H,46,56)(H,47,57)/t13-,14-,18-,19-,21-,22-,23-,29+,30+,37-/m0/s1. The Labute approximate surface area is 340 Å². The Morgan fingerprint density at radius 2 is 1.34 bits per heavy atom. The summed E-state index contributed by atoms with van der Waals surface area (Å²) in [5, 5.41) is 49.1. The molecule has 22 heteroatoms. The number of aliphatic hydroxyl groups excluding tert-OH is 2. The number of halogens is 6. The van der Waals surface area contributed by atoms with E-state index in [1.807, 2.05) is 0 Å². The minimum atomic E-state index is -5.35. The van der Waals surface area contributed by atoms with Gasteiger partial charge in [-0.1, -0.05) is 18.2 Å². The molecular weight excluding hydrogens is 832 g/mol. The summed E-state index contributed by atoms with van der Waals surface area (Å²) in [7, 11) is 1.50. The maximum atomic E-state index is 14.4. The van der Waals surface area contributed by atoms with Gasteiger partial charge in [0, 0.05) is 54.8 Å². The van der Waals surface area contributed by atoms with Crippen LogP contribution >= 0.6 is 0 Å². The third kappa shape index (κ3) is 7.51. The lowest BCUT2D eigenvalue weighted by Crippen LogP contribution is -2.59. The van der Waals surface area contributed by atoms with Gasteiger partial charge < -0.3 is 54.6 Å². The van der Waals surface area contributed by atoms with Crippen molar-refractivity contribution in [1.29, 1.82) is 0 Å². The first kappa shape index (κ1) is 43.9. The van der Waals surface area contributed by atoms with Crippen LogP contribution in [0.15, 0.2) is 24.3 Å². The number of aromatic hydroxyl groups is 2.